The molecule has 0 aliphatic carbocycles. The van der Waals surface area contributed by atoms with E-state index < -0.39 is 5.97 Å². The van der Waals surface area contributed by atoms with Crippen molar-refractivity contribution in [3.8, 4) is 0 Å². The third kappa shape index (κ3) is 4.68. The van der Waals surface area contributed by atoms with Crippen LogP contribution in [-0.4, -0.2) is 41.8 Å². The molecule has 2 amide bonds. The minimum atomic E-state index is -0.988. The fraction of sp³-hybridized carbons (Fsp3) is 0.615. The number of urea groups is 1. The van der Waals surface area contributed by atoms with E-state index >= 15 is 0 Å². The molecule has 0 aromatic carbocycles. The molecule has 116 valence electrons. The van der Waals surface area contributed by atoms with E-state index in [1.54, 1.807) is 6.92 Å². The molecule has 1 fully saturated rings. The summed E-state index contributed by atoms with van der Waals surface area (Å²) in [5.74, 6) is -0.622. The van der Waals surface area contributed by atoms with E-state index in [0.29, 0.717) is 29.8 Å². The number of carbonyl (C=O) groups is 2. The number of carboxylic acid groups (broad SMARTS) is 1. The average molecular weight is 313 g/mol. The second kappa shape index (κ2) is 7.37. The molecule has 0 spiro atoms. The molecule has 0 radical (unpaired) electrons. The molecule has 0 saturated carbocycles. The van der Waals surface area contributed by atoms with Crippen molar-refractivity contribution < 1.29 is 19.4 Å². The first-order chi connectivity index (χ1) is 10.1. The summed E-state index contributed by atoms with van der Waals surface area (Å²) < 4.78 is 5.35. The molecule has 2 heterocycles. The number of hydrogen-bond donors (Lipinski definition) is 3. The van der Waals surface area contributed by atoms with Gasteiger partial charge in [-0.15, -0.1) is 11.3 Å². The van der Waals surface area contributed by atoms with Gasteiger partial charge in [0, 0.05) is 13.2 Å². The molecule has 7 nitrogen and oxygen atoms in total. The Kier molecular flexibility index (Phi) is 5.51. The van der Waals surface area contributed by atoms with E-state index in [1.165, 1.54) is 0 Å². The maximum atomic E-state index is 11.7. The first kappa shape index (κ1) is 15.7. The van der Waals surface area contributed by atoms with Gasteiger partial charge in [0.1, 0.15) is 9.88 Å². The topological polar surface area (TPSA) is 101 Å². The van der Waals surface area contributed by atoms with Crippen LogP contribution in [-0.2, 0) is 11.3 Å². The number of carbonyl (C=O) groups excluding carboxylic acids is 1. The molecular formula is C13H19N3O4S. The Morgan fingerprint density at radius 1 is 1.48 bits per heavy atom. The van der Waals surface area contributed by atoms with Crippen molar-refractivity contribution in [3.63, 3.8) is 0 Å². The van der Waals surface area contributed by atoms with Gasteiger partial charge in [-0.05, 0) is 25.7 Å². The highest BCUT2D eigenvalue weighted by Gasteiger charge is 2.16. The molecule has 1 aromatic heterocycles. The van der Waals surface area contributed by atoms with E-state index in [9.17, 15) is 9.59 Å². The van der Waals surface area contributed by atoms with Crippen LogP contribution in [0.25, 0.3) is 0 Å². The number of aromatic carboxylic acids is 1. The highest BCUT2D eigenvalue weighted by atomic mass is 32.1. The van der Waals surface area contributed by atoms with E-state index in [-0.39, 0.29) is 17.5 Å². The summed E-state index contributed by atoms with van der Waals surface area (Å²) in [6.45, 7) is 3.95. The largest absolute Gasteiger partial charge is 0.477 e. The van der Waals surface area contributed by atoms with Gasteiger partial charge in [0.2, 0.25) is 0 Å². The number of amides is 2. The Hall–Kier alpha value is -1.67. The molecule has 1 aromatic rings. The lowest BCUT2D eigenvalue weighted by Crippen LogP contribution is -2.39. The van der Waals surface area contributed by atoms with Crippen LogP contribution in [0, 0.1) is 12.8 Å². The summed E-state index contributed by atoms with van der Waals surface area (Å²) >= 11 is 1.08. The zero-order valence-electron chi connectivity index (χ0n) is 11.8. The van der Waals surface area contributed by atoms with Gasteiger partial charge in [0.05, 0.1) is 18.8 Å². The normalized spacial score (nSPS) is 18.2. The number of hydrogen-bond acceptors (Lipinski definition) is 5. The number of nitrogens with one attached hydrogen (secondary N) is 2. The van der Waals surface area contributed by atoms with Gasteiger partial charge in [-0.2, -0.15) is 0 Å². The van der Waals surface area contributed by atoms with Crippen molar-refractivity contribution in [1.82, 2.24) is 15.6 Å². The zero-order chi connectivity index (χ0) is 15.2. The third-order valence-corrected chi connectivity index (χ3v) is 4.39. The minimum Gasteiger partial charge on any atom is -0.477 e. The summed E-state index contributed by atoms with van der Waals surface area (Å²) in [6.07, 6.45) is 2.10. The quantitative estimate of drug-likeness (QED) is 0.762. The van der Waals surface area contributed by atoms with Gasteiger partial charge in [-0.25, -0.2) is 14.6 Å². The van der Waals surface area contributed by atoms with Crippen molar-refractivity contribution >= 4 is 23.3 Å². The first-order valence-corrected chi connectivity index (χ1v) is 7.67. The van der Waals surface area contributed by atoms with Crippen LogP contribution in [0.15, 0.2) is 0 Å². The number of thiazole rings is 1. The third-order valence-electron chi connectivity index (χ3n) is 3.24. The van der Waals surface area contributed by atoms with Crippen LogP contribution in [0.2, 0.25) is 0 Å². The minimum absolute atomic E-state index is 0.214. The number of rotatable bonds is 5. The molecule has 1 aliphatic heterocycles. The Balaban J connectivity index is 1.73. The average Bonchev–Trinajstić information content (AvgIpc) is 2.85. The van der Waals surface area contributed by atoms with Gasteiger partial charge in [-0.3, -0.25) is 0 Å². The molecule has 1 aliphatic rings. The van der Waals surface area contributed by atoms with Gasteiger partial charge in [-0.1, -0.05) is 0 Å². The predicted molar refractivity (Wildman–Crippen MR) is 77.6 cm³/mol. The maximum Gasteiger partial charge on any atom is 0.347 e. The van der Waals surface area contributed by atoms with E-state index in [4.69, 9.17) is 9.84 Å². The van der Waals surface area contributed by atoms with Gasteiger partial charge in [0.25, 0.3) is 0 Å². The molecule has 21 heavy (non-hydrogen) atoms. The molecular weight excluding hydrogens is 294 g/mol. The molecule has 1 unspecified atom stereocenters. The highest BCUT2D eigenvalue weighted by molar-refractivity contribution is 7.13. The Morgan fingerprint density at radius 3 is 2.90 bits per heavy atom. The number of carboxylic acids is 1. The number of aromatic nitrogens is 1. The second-order valence-electron chi connectivity index (χ2n) is 4.97. The smallest absolute Gasteiger partial charge is 0.347 e. The number of ether oxygens (including phenoxy) is 1. The lowest BCUT2D eigenvalue weighted by Gasteiger charge is -2.22. The SMILES string of the molecule is Cc1nc(CNC(=O)NCC2CCCOC2)sc1C(=O)O. The molecule has 3 N–H and O–H groups in total. The summed E-state index contributed by atoms with van der Waals surface area (Å²) in [4.78, 5) is 26.9. The van der Waals surface area contributed by atoms with Crippen LogP contribution in [0.5, 0.6) is 0 Å². The summed E-state index contributed by atoms with van der Waals surface area (Å²) in [5.41, 5.74) is 0.476. The summed E-state index contributed by atoms with van der Waals surface area (Å²) in [5, 5.41) is 15.0. The molecule has 2 rings (SSSR count). The van der Waals surface area contributed by atoms with Crippen LogP contribution in [0.1, 0.15) is 33.2 Å². The van der Waals surface area contributed by atoms with Crippen molar-refractivity contribution in [2.45, 2.75) is 26.3 Å². The zero-order valence-corrected chi connectivity index (χ0v) is 12.7. The van der Waals surface area contributed by atoms with E-state index in [2.05, 4.69) is 15.6 Å². The number of nitrogens with zero attached hydrogens (tertiary/aromatic N) is 1. The first-order valence-electron chi connectivity index (χ1n) is 6.85. The van der Waals surface area contributed by atoms with E-state index in [0.717, 1.165) is 30.8 Å². The second-order valence-corrected chi connectivity index (χ2v) is 6.06. The highest BCUT2D eigenvalue weighted by Crippen LogP contribution is 2.17. The van der Waals surface area contributed by atoms with E-state index in [1.807, 2.05) is 0 Å². The van der Waals surface area contributed by atoms with Crippen molar-refractivity contribution in [3.05, 3.63) is 15.6 Å². The lowest BCUT2D eigenvalue weighted by molar-refractivity contribution is 0.0557. The van der Waals surface area contributed by atoms with Crippen molar-refractivity contribution in [1.29, 1.82) is 0 Å². The molecule has 1 saturated heterocycles. The fourth-order valence-corrected chi connectivity index (χ4v) is 2.99. The van der Waals surface area contributed by atoms with Crippen LogP contribution < -0.4 is 10.6 Å². The van der Waals surface area contributed by atoms with Crippen molar-refractivity contribution in [2.75, 3.05) is 19.8 Å². The van der Waals surface area contributed by atoms with Gasteiger partial charge in [0.15, 0.2) is 0 Å². The van der Waals surface area contributed by atoms with Gasteiger partial charge < -0.3 is 20.5 Å². The Labute approximate surface area is 126 Å². The number of aryl methyl sites for hydroxylation is 1. The predicted octanol–water partition coefficient (Wildman–Crippen LogP) is 1.38. The van der Waals surface area contributed by atoms with Crippen LogP contribution in [0.3, 0.4) is 0 Å². The molecule has 8 heteroatoms. The van der Waals surface area contributed by atoms with Crippen LogP contribution >= 0.6 is 11.3 Å². The molecule has 0 bridgehead atoms. The standard InChI is InChI=1S/C13H19N3O4S/c1-8-11(12(17)18)21-10(16-8)6-15-13(19)14-5-9-3-2-4-20-7-9/h9H,2-7H2,1H3,(H,17,18)(H2,14,15,19). The Morgan fingerprint density at radius 2 is 2.29 bits per heavy atom. The van der Waals surface area contributed by atoms with Gasteiger partial charge >= 0.3 is 12.0 Å². The summed E-state index contributed by atoms with van der Waals surface area (Å²) in [6, 6.07) is -0.273. The lowest BCUT2D eigenvalue weighted by atomic mass is 10.0. The molecule has 1 atom stereocenters. The monoisotopic (exact) mass is 313 g/mol. The summed E-state index contributed by atoms with van der Waals surface area (Å²) in [7, 11) is 0. The maximum absolute atomic E-state index is 11.7. The fourth-order valence-electron chi connectivity index (χ4n) is 2.15. The van der Waals surface area contributed by atoms with Crippen molar-refractivity contribution in [2.24, 2.45) is 5.92 Å². The Bertz CT molecular complexity index is 512. The van der Waals surface area contributed by atoms with Crippen LogP contribution in [0.4, 0.5) is 4.79 Å².